The second-order valence-electron chi connectivity index (χ2n) is 5.21. The Morgan fingerprint density at radius 3 is 2.65 bits per heavy atom. The van der Waals surface area contributed by atoms with Gasteiger partial charge in [0, 0.05) is 22.6 Å². The molecule has 2 aromatic rings. The van der Waals surface area contributed by atoms with Gasteiger partial charge >= 0.3 is 0 Å². The molecule has 20 heavy (non-hydrogen) atoms. The van der Waals surface area contributed by atoms with Gasteiger partial charge < -0.3 is 10.1 Å². The molecule has 106 valence electrons. The lowest BCUT2D eigenvalue weighted by Crippen LogP contribution is -2.22. The highest BCUT2D eigenvalue weighted by Crippen LogP contribution is 2.28. The Balaban J connectivity index is 2.21. The van der Waals surface area contributed by atoms with Gasteiger partial charge in [0.2, 0.25) is 0 Å². The maximum atomic E-state index is 6.02. The average Bonchev–Trinajstić information content (AvgIpc) is 2.39. The Hall–Kier alpha value is -1.32. The Morgan fingerprint density at radius 2 is 1.95 bits per heavy atom. The number of halogens is 1. The first-order valence-corrected chi connectivity index (χ1v) is 7.60. The van der Waals surface area contributed by atoms with Gasteiger partial charge in [-0.2, -0.15) is 0 Å². The molecule has 0 fully saturated rings. The molecule has 0 aromatic heterocycles. The van der Waals surface area contributed by atoms with Crippen molar-refractivity contribution in [2.24, 2.45) is 0 Å². The van der Waals surface area contributed by atoms with E-state index in [1.165, 1.54) is 5.56 Å². The standard InChI is InChI=1S/C17H20BrNO/c1-12(2)19-11-14-10-15(18)7-8-17(14)20-16-6-4-5-13(3)9-16/h4-10,12,19H,11H2,1-3H3. The predicted octanol–water partition coefficient (Wildman–Crippen LogP) is 5.05. The van der Waals surface area contributed by atoms with Crippen molar-refractivity contribution < 1.29 is 4.74 Å². The van der Waals surface area contributed by atoms with Gasteiger partial charge in [-0.05, 0) is 42.8 Å². The van der Waals surface area contributed by atoms with E-state index in [9.17, 15) is 0 Å². The van der Waals surface area contributed by atoms with Crippen LogP contribution in [-0.2, 0) is 6.54 Å². The summed E-state index contributed by atoms with van der Waals surface area (Å²) in [6.07, 6.45) is 0. The fourth-order valence-corrected chi connectivity index (χ4v) is 2.31. The van der Waals surface area contributed by atoms with Crippen molar-refractivity contribution >= 4 is 15.9 Å². The second-order valence-corrected chi connectivity index (χ2v) is 6.12. The minimum atomic E-state index is 0.445. The number of hydrogen-bond donors (Lipinski definition) is 1. The number of ether oxygens (including phenoxy) is 1. The molecule has 2 nitrogen and oxygen atoms in total. The smallest absolute Gasteiger partial charge is 0.131 e. The first-order valence-electron chi connectivity index (χ1n) is 6.81. The second kappa shape index (κ2) is 6.91. The lowest BCUT2D eigenvalue weighted by atomic mass is 10.2. The molecule has 0 aliphatic carbocycles. The van der Waals surface area contributed by atoms with Crippen LogP contribution in [0.5, 0.6) is 11.5 Å². The van der Waals surface area contributed by atoms with Crippen LogP contribution in [0, 0.1) is 6.92 Å². The lowest BCUT2D eigenvalue weighted by Gasteiger charge is -2.14. The Kier molecular flexibility index (Phi) is 5.21. The zero-order valence-corrected chi connectivity index (χ0v) is 13.7. The van der Waals surface area contributed by atoms with Crippen LogP contribution >= 0.6 is 15.9 Å². The summed E-state index contributed by atoms with van der Waals surface area (Å²) in [5.74, 6) is 1.77. The van der Waals surface area contributed by atoms with E-state index in [1.54, 1.807) is 0 Å². The van der Waals surface area contributed by atoms with Gasteiger partial charge in [0.25, 0.3) is 0 Å². The molecule has 0 radical (unpaired) electrons. The molecule has 2 aromatic carbocycles. The summed E-state index contributed by atoms with van der Waals surface area (Å²) in [5.41, 5.74) is 2.34. The number of nitrogens with one attached hydrogen (secondary N) is 1. The third-order valence-corrected chi connectivity index (χ3v) is 3.43. The topological polar surface area (TPSA) is 21.3 Å². The summed E-state index contributed by atoms with van der Waals surface area (Å²) in [5, 5.41) is 3.43. The molecule has 0 unspecified atom stereocenters. The van der Waals surface area contributed by atoms with E-state index in [-0.39, 0.29) is 0 Å². The zero-order valence-electron chi connectivity index (χ0n) is 12.1. The summed E-state index contributed by atoms with van der Waals surface area (Å²) in [4.78, 5) is 0. The monoisotopic (exact) mass is 333 g/mol. The van der Waals surface area contributed by atoms with Gasteiger partial charge in [0.1, 0.15) is 11.5 Å². The van der Waals surface area contributed by atoms with Crippen molar-refractivity contribution in [3.05, 3.63) is 58.1 Å². The van der Waals surface area contributed by atoms with E-state index in [1.807, 2.05) is 30.3 Å². The Morgan fingerprint density at radius 1 is 1.15 bits per heavy atom. The summed E-state index contributed by atoms with van der Waals surface area (Å²) >= 11 is 3.52. The molecule has 0 aliphatic heterocycles. The fourth-order valence-electron chi connectivity index (χ4n) is 1.91. The Bertz CT molecular complexity index is 581. The molecule has 0 saturated heterocycles. The van der Waals surface area contributed by atoms with Crippen molar-refractivity contribution in [2.45, 2.75) is 33.4 Å². The van der Waals surface area contributed by atoms with Gasteiger partial charge in [-0.25, -0.2) is 0 Å². The van der Waals surface area contributed by atoms with Gasteiger partial charge in [-0.3, -0.25) is 0 Å². The van der Waals surface area contributed by atoms with Gasteiger partial charge in [-0.1, -0.05) is 41.9 Å². The van der Waals surface area contributed by atoms with Gasteiger partial charge in [0.15, 0.2) is 0 Å². The molecule has 2 rings (SSSR count). The van der Waals surface area contributed by atoms with E-state index in [0.717, 1.165) is 28.1 Å². The first kappa shape index (κ1) is 15.1. The summed E-state index contributed by atoms with van der Waals surface area (Å²) in [6, 6.07) is 14.6. The SMILES string of the molecule is Cc1cccc(Oc2ccc(Br)cc2CNC(C)C)c1. The summed E-state index contributed by atoms with van der Waals surface area (Å²) < 4.78 is 7.08. The maximum Gasteiger partial charge on any atom is 0.131 e. The molecular formula is C17H20BrNO. The van der Waals surface area contributed by atoms with Crippen LogP contribution in [0.25, 0.3) is 0 Å². The minimum absolute atomic E-state index is 0.445. The first-order chi connectivity index (χ1) is 9.54. The van der Waals surface area contributed by atoms with E-state index in [2.05, 4.69) is 54.2 Å². The van der Waals surface area contributed by atoms with E-state index in [4.69, 9.17) is 4.74 Å². The highest BCUT2D eigenvalue weighted by molar-refractivity contribution is 9.10. The highest BCUT2D eigenvalue weighted by atomic mass is 79.9. The van der Waals surface area contributed by atoms with Crippen molar-refractivity contribution in [2.75, 3.05) is 0 Å². The van der Waals surface area contributed by atoms with E-state index in [0.29, 0.717) is 6.04 Å². The average molecular weight is 334 g/mol. The predicted molar refractivity (Wildman–Crippen MR) is 87.4 cm³/mol. The number of benzene rings is 2. The summed E-state index contributed by atoms with van der Waals surface area (Å²) in [6.45, 7) is 7.13. The Labute approximate surface area is 129 Å². The van der Waals surface area contributed by atoms with Crippen LogP contribution in [-0.4, -0.2) is 6.04 Å². The third-order valence-electron chi connectivity index (χ3n) is 2.94. The van der Waals surface area contributed by atoms with Crippen LogP contribution in [0.1, 0.15) is 25.0 Å². The molecule has 0 amide bonds. The van der Waals surface area contributed by atoms with E-state index < -0.39 is 0 Å². The van der Waals surface area contributed by atoms with Crippen LogP contribution in [0.15, 0.2) is 46.9 Å². The molecule has 0 bridgehead atoms. The number of aryl methyl sites for hydroxylation is 1. The normalized spacial score (nSPS) is 10.8. The van der Waals surface area contributed by atoms with Crippen molar-refractivity contribution in [1.82, 2.24) is 5.32 Å². The van der Waals surface area contributed by atoms with Crippen LogP contribution in [0.2, 0.25) is 0 Å². The van der Waals surface area contributed by atoms with Gasteiger partial charge in [-0.15, -0.1) is 0 Å². The van der Waals surface area contributed by atoms with Crippen molar-refractivity contribution in [3.63, 3.8) is 0 Å². The number of hydrogen-bond acceptors (Lipinski definition) is 2. The fraction of sp³-hybridized carbons (Fsp3) is 0.294. The molecule has 3 heteroatoms. The molecule has 0 heterocycles. The molecule has 0 atom stereocenters. The quantitative estimate of drug-likeness (QED) is 0.826. The molecule has 0 saturated carbocycles. The largest absolute Gasteiger partial charge is 0.457 e. The third kappa shape index (κ3) is 4.36. The zero-order chi connectivity index (χ0) is 14.5. The van der Waals surface area contributed by atoms with Gasteiger partial charge in [0.05, 0.1) is 0 Å². The lowest BCUT2D eigenvalue weighted by molar-refractivity contribution is 0.469. The van der Waals surface area contributed by atoms with Crippen molar-refractivity contribution in [1.29, 1.82) is 0 Å². The maximum absolute atomic E-state index is 6.02. The minimum Gasteiger partial charge on any atom is -0.457 e. The van der Waals surface area contributed by atoms with Crippen LogP contribution in [0.4, 0.5) is 0 Å². The summed E-state index contributed by atoms with van der Waals surface area (Å²) in [7, 11) is 0. The number of rotatable bonds is 5. The molecule has 1 N–H and O–H groups in total. The van der Waals surface area contributed by atoms with Crippen molar-refractivity contribution in [3.8, 4) is 11.5 Å². The molecule has 0 aliphatic rings. The molecular weight excluding hydrogens is 314 g/mol. The van der Waals surface area contributed by atoms with Crippen LogP contribution in [0.3, 0.4) is 0 Å². The van der Waals surface area contributed by atoms with E-state index >= 15 is 0 Å². The molecule has 0 spiro atoms. The highest BCUT2D eigenvalue weighted by Gasteiger charge is 2.07. The van der Waals surface area contributed by atoms with Crippen LogP contribution < -0.4 is 10.1 Å².